The van der Waals surface area contributed by atoms with Gasteiger partial charge in [0.1, 0.15) is 0 Å². The van der Waals surface area contributed by atoms with Crippen LogP contribution in [0.3, 0.4) is 0 Å². The van der Waals surface area contributed by atoms with Gasteiger partial charge in [0.2, 0.25) is 0 Å². The van der Waals surface area contributed by atoms with Gasteiger partial charge in [0.15, 0.2) is 0 Å². The number of hydrogen-bond donors (Lipinski definition) is 0. The molecule has 1 heterocycles. The van der Waals surface area contributed by atoms with E-state index in [1.54, 1.807) is 0 Å². The highest BCUT2D eigenvalue weighted by atomic mass is 35.5. The standard InChI is InChI=1S/C33H21ClO3/c1-20-12-14-23(15-13-20)26-27(24-16-18-25(34)19-17-24)29(22-10-6-3-7-11-22)31-30(32(35)37-33(31)36)28(26)21-8-4-2-5-9-21/h2-19H,1H3. The predicted molar refractivity (Wildman–Crippen MR) is 148 cm³/mol. The minimum Gasteiger partial charge on any atom is -0.386 e. The van der Waals surface area contributed by atoms with Crippen molar-refractivity contribution in [2.75, 3.05) is 0 Å². The fourth-order valence-corrected chi connectivity index (χ4v) is 5.17. The van der Waals surface area contributed by atoms with Crippen molar-refractivity contribution in [2.24, 2.45) is 0 Å². The highest BCUT2D eigenvalue weighted by Crippen LogP contribution is 2.51. The Morgan fingerprint density at radius 3 is 1.24 bits per heavy atom. The van der Waals surface area contributed by atoms with Gasteiger partial charge < -0.3 is 4.74 Å². The molecule has 6 rings (SSSR count). The second-order valence-corrected chi connectivity index (χ2v) is 9.47. The lowest BCUT2D eigenvalue weighted by Crippen LogP contribution is -2.05. The maximum Gasteiger partial charge on any atom is 0.347 e. The molecule has 4 heteroatoms. The molecular formula is C33H21ClO3. The lowest BCUT2D eigenvalue weighted by atomic mass is 9.77. The van der Waals surface area contributed by atoms with Crippen molar-refractivity contribution in [1.29, 1.82) is 0 Å². The van der Waals surface area contributed by atoms with E-state index in [0.29, 0.717) is 21.7 Å². The van der Waals surface area contributed by atoms with E-state index in [4.69, 9.17) is 16.3 Å². The van der Waals surface area contributed by atoms with Crippen LogP contribution in [0, 0.1) is 6.92 Å². The zero-order valence-corrected chi connectivity index (χ0v) is 20.8. The van der Waals surface area contributed by atoms with Crippen LogP contribution >= 0.6 is 11.6 Å². The Labute approximate surface area is 219 Å². The zero-order valence-electron chi connectivity index (χ0n) is 20.0. The van der Waals surface area contributed by atoms with Crippen LogP contribution in [-0.2, 0) is 4.74 Å². The third kappa shape index (κ3) is 3.94. The number of fused-ring (bicyclic) bond motifs is 1. The lowest BCUT2D eigenvalue weighted by Gasteiger charge is -2.23. The van der Waals surface area contributed by atoms with Gasteiger partial charge in [-0.05, 0) is 52.4 Å². The Balaban J connectivity index is 1.88. The molecule has 37 heavy (non-hydrogen) atoms. The summed E-state index contributed by atoms with van der Waals surface area (Å²) < 4.78 is 5.28. The van der Waals surface area contributed by atoms with Crippen LogP contribution in [0.1, 0.15) is 26.3 Å². The Morgan fingerprint density at radius 2 is 0.811 bits per heavy atom. The van der Waals surface area contributed by atoms with E-state index in [1.807, 2.05) is 91.9 Å². The number of hydrogen-bond acceptors (Lipinski definition) is 3. The van der Waals surface area contributed by atoms with Crippen LogP contribution < -0.4 is 0 Å². The van der Waals surface area contributed by atoms with Crippen LogP contribution in [0.4, 0.5) is 0 Å². The number of rotatable bonds is 4. The summed E-state index contributed by atoms with van der Waals surface area (Å²) in [7, 11) is 0. The third-order valence-corrected chi connectivity index (χ3v) is 6.94. The summed E-state index contributed by atoms with van der Waals surface area (Å²) in [6, 6.07) is 35.1. The summed E-state index contributed by atoms with van der Waals surface area (Å²) in [5, 5.41) is 0.612. The van der Waals surface area contributed by atoms with Crippen molar-refractivity contribution in [1.82, 2.24) is 0 Å². The molecule has 0 spiro atoms. The average molecular weight is 501 g/mol. The molecule has 0 saturated heterocycles. The summed E-state index contributed by atoms with van der Waals surface area (Å²) in [6.45, 7) is 2.04. The molecule has 5 aromatic carbocycles. The molecule has 0 unspecified atom stereocenters. The SMILES string of the molecule is Cc1ccc(-c2c(-c3ccccc3)c3c(c(-c4ccccc4)c2-c2ccc(Cl)cc2)C(=O)OC3=O)cc1. The van der Waals surface area contributed by atoms with Crippen molar-refractivity contribution in [3.05, 3.63) is 131 Å². The molecule has 0 fully saturated rings. The molecule has 178 valence electrons. The van der Waals surface area contributed by atoms with Crippen molar-refractivity contribution in [2.45, 2.75) is 6.92 Å². The molecule has 0 radical (unpaired) electrons. The van der Waals surface area contributed by atoms with Gasteiger partial charge in [-0.25, -0.2) is 9.59 Å². The van der Waals surface area contributed by atoms with Crippen molar-refractivity contribution in [3.8, 4) is 44.5 Å². The van der Waals surface area contributed by atoms with Gasteiger partial charge in [0.25, 0.3) is 0 Å². The molecular weight excluding hydrogens is 480 g/mol. The Hall–Kier alpha value is -4.47. The maximum atomic E-state index is 13.3. The molecule has 0 bridgehead atoms. The molecule has 0 aromatic heterocycles. The number of halogens is 1. The number of aryl methyl sites for hydroxylation is 1. The van der Waals surface area contributed by atoms with Gasteiger partial charge in [0, 0.05) is 16.1 Å². The van der Waals surface area contributed by atoms with Crippen LogP contribution in [-0.4, -0.2) is 11.9 Å². The first-order valence-corrected chi connectivity index (χ1v) is 12.3. The number of benzene rings is 5. The van der Waals surface area contributed by atoms with Crippen molar-refractivity contribution in [3.63, 3.8) is 0 Å². The molecule has 0 N–H and O–H groups in total. The molecule has 5 aromatic rings. The fourth-order valence-electron chi connectivity index (χ4n) is 5.05. The van der Waals surface area contributed by atoms with E-state index < -0.39 is 11.9 Å². The summed E-state index contributed by atoms with van der Waals surface area (Å²) in [5.41, 5.74) is 8.22. The van der Waals surface area contributed by atoms with Gasteiger partial charge in [-0.1, -0.05) is 114 Å². The summed E-state index contributed by atoms with van der Waals surface area (Å²) in [6.07, 6.45) is 0. The van der Waals surface area contributed by atoms with Gasteiger partial charge >= 0.3 is 11.9 Å². The second kappa shape index (κ2) is 9.20. The minimum atomic E-state index is -0.637. The number of ether oxygens (including phenoxy) is 1. The first kappa shape index (κ1) is 23.0. The van der Waals surface area contributed by atoms with Crippen LogP contribution in [0.5, 0.6) is 0 Å². The van der Waals surface area contributed by atoms with Gasteiger partial charge in [-0.3, -0.25) is 0 Å². The summed E-state index contributed by atoms with van der Waals surface area (Å²) in [4.78, 5) is 26.6. The van der Waals surface area contributed by atoms with Gasteiger partial charge in [0.05, 0.1) is 11.1 Å². The van der Waals surface area contributed by atoms with E-state index in [0.717, 1.165) is 38.9 Å². The highest BCUT2D eigenvalue weighted by Gasteiger charge is 2.40. The first-order chi connectivity index (χ1) is 18.0. The number of esters is 2. The number of carbonyl (C=O) groups excluding carboxylic acids is 2. The largest absolute Gasteiger partial charge is 0.386 e. The number of cyclic esters (lactones) is 2. The molecule has 1 aliphatic heterocycles. The van der Waals surface area contributed by atoms with Gasteiger partial charge in [-0.2, -0.15) is 0 Å². The topological polar surface area (TPSA) is 43.4 Å². The second-order valence-electron chi connectivity index (χ2n) is 9.03. The molecule has 0 saturated carbocycles. The first-order valence-electron chi connectivity index (χ1n) is 12.0. The van der Waals surface area contributed by atoms with Crippen molar-refractivity contribution < 1.29 is 14.3 Å². The third-order valence-electron chi connectivity index (χ3n) is 6.69. The van der Waals surface area contributed by atoms with Crippen LogP contribution in [0.2, 0.25) is 5.02 Å². The van der Waals surface area contributed by atoms with E-state index in [2.05, 4.69) is 24.3 Å². The minimum absolute atomic E-state index is 0.288. The van der Waals surface area contributed by atoms with Crippen LogP contribution in [0.15, 0.2) is 109 Å². The quantitative estimate of drug-likeness (QED) is 0.183. The monoisotopic (exact) mass is 500 g/mol. The Kier molecular flexibility index (Phi) is 5.71. The lowest BCUT2D eigenvalue weighted by molar-refractivity contribution is 0.0444. The molecule has 3 nitrogen and oxygen atoms in total. The molecule has 0 amide bonds. The average Bonchev–Trinajstić information content (AvgIpc) is 3.22. The van der Waals surface area contributed by atoms with Gasteiger partial charge in [-0.15, -0.1) is 0 Å². The van der Waals surface area contributed by atoms with Crippen LogP contribution in [0.25, 0.3) is 44.5 Å². The van der Waals surface area contributed by atoms with E-state index in [-0.39, 0.29) is 5.56 Å². The Bertz CT molecular complexity index is 1530. The Morgan fingerprint density at radius 1 is 0.459 bits per heavy atom. The smallest absolute Gasteiger partial charge is 0.347 e. The maximum absolute atomic E-state index is 13.3. The fraction of sp³-hybridized carbons (Fsp3) is 0.0303. The highest BCUT2D eigenvalue weighted by molar-refractivity contribution is 6.30. The molecule has 0 atom stereocenters. The van der Waals surface area contributed by atoms with Crippen molar-refractivity contribution >= 4 is 23.5 Å². The van der Waals surface area contributed by atoms with E-state index in [9.17, 15) is 9.59 Å². The van der Waals surface area contributed by atoms with E-state index in [1.165, 1.54) is 0 Å². The summed E-state index contributed by atoms with van der Waals surface area (Å²) >= 11 is 6.27. The summed E-state index contributed by atoms with van der Waals surface area (Å²) in [5.74, 6) is -1.27. The number of carbonyl (C=O) groups is 2. The molecule has 1 aliphatic rings. The molecule has 0 aliphatic carbocycles. The predicted octanol–water partition coefficient (Wildman–Crippen LogP) is 8.63. The normalized spacial score (nSPS) is 12.4. The zero-order chi connectivity index (χ0) is 25.5. The van der Waals surface area contributed by atoms with E-state index >= 15 is 0 Å².